The summed E-state index contributed by atoms with van der Waals surface area (Å²) in [5, 5.41) is 0. The molecule has 0 radical (unpaired) electrons. The molecule has 0 amide bonds. The summed E-state index contributed by atoms with van der Waals surface area (Å²) in [5.41, 5.74) is 1.08. The van der Waals surface area contributed by atoms with E-state index in [4.69, 9.17) is 9.47 Å². The predicted octanol–water partition coefficient (Wildman–Crippen LogP) is 6.46. The SMILES string of the molecule is CCCCCCCCCN(CCOc1cccc(CC(C)C(=O)OCC)c1)c1ccccn1. The van der Waals surface area contributed by atoms with Gasteiger partial charge in [0.15, 0.2) is 0 Å². The van der Waals surface area contributed by atoms with Gasteiger partial charge in [0.25, 0.3) is 0 Å². The molecule has 0 saturated heterocycles. The molecule has 5 nitrogen and oxygen atoms in total. The molecule has 1 aromatic heterocycles. The minimum atomic E-state index is -0.165. The molecule has 33 heavy (non-hydrogen) atoms. The third-order valence-corrected chi connectivity index (χ3v) is 5.76. The van der Waals surface area contributed by atoms with Crippen LogP contribution in [0.2, 0.25) is 0 Å². The number of aromatic nitrogens is 1. The molecule has 1 aromatic carbocycles. The van der Waals surface area contributed by atoms with Gasteiger partial charge >= 0.3 is 5.97 Å². The van der Waals surface area contributed by atoms with Crippen molar-refractivity contribution in [1.82, 2.24) is 4.98 Å². The normalized spacial score (nSPS) is 11.7. The number of unbranched alkanes of at least 4 members (excludes halogenated alkanes) is 6. The summed E-state index contributed by atoms with van der Waals surface area (Å²) in [4.78, 5) is 18.8. The van der Waals surface area contributed by atoms with Crippen molar-refractivity contribution in [2.24, 2.45) is 5.92 Å². The number of pyridine rings is 1. The highest BCUT2D eigenvalue weighted by atomic mass is 16.5. The Morgan fingerprint density at radius 3 is 2.48 bits per heavy atom. The molecule has 0 aliphatic carbocycles. The van der Waals surface area contributed by atoms with Crippen molar-refractivity contribution in [1.29, 1.82) is 0 Å². The highest BCUT2D eigenvalue weighted by Crippen LogP contribution is 2.18. The van der Waals surface area contributed by atoms with Gasteiger partial charge in [-0.1, -0.05) is 70.6 Å². The van der Waals surface area contributed by atoms with Crippen molar-refractivity contribution in [2.75, 3.05) is 31.2 Å². The van der Waals surface area contributed by atoms with Gasteiger partial charge in [-0.25, -0.2) is 4.98 Å². The van der Waals surface area contributed by atoms with E-state index in [1.165, 1.54) is 44.9 Å². The van der Waals surface area contributed by atoms with Gasteiger partial charge < -0.3 is 14.4 Å². The van der Waals surface area contributed by atoms with Gasteiger partial charge in [-0.15, -0.1) is 0 Å². The van der Waals surface area contributed by atoms with Crippen LogP contribution in [0.5, 0.6) is 5.75 Å². The monoisotopic (exact) mass is 454 g/mol. The first kappa shape index (κ1) is 26.7. The summed E-state index contributed by atoms with van der Waals surface area (Å²) < 4.78 is 11.2. The Balaban J connectivity index is 1.83. The molecule has 0 N–H and O–H groups in total. The Morgan fingerprint density at radius 2 is 1.76 bits per heavy atom. The number of anilines is 1. The Kier molecular flexibility index (Phi) is 13.0. The van der Waals surface area contributed by atoms with Crippen LogP contribution in [0.3, 0.4) is 0 Å². The van der Waals surface area contributed by atoms with Crippen molar-refractivity contribution < 1.29 is 14.3 Å². The molecule has 0 fully saturated rings. The quantitative estimate of drug-likeness (QED) is 0.203. The smallest absolute Gasteiger partial charge is 0.308 e. The molecule has 1 unspecified atom stereocenters. The lowest BCUT2D eigenvalue weighted by Gasteiger charge is -2.24. The number of nitrogens with zero attached hydrogens (tertiary/aromatic N) is 2. The Hall–Kier alpha value is -2.56. The molecule has 0 bridgehead atoms. The average Bonchev–Trinajstić information content (AvgIpc) is 2.83. The number of ether oxygens (including phenoxy) is 2. The van der Waals surface area contributed by atoms with Gasteiger partial charge in [0.1, 0.15) is 18.2 Å². The van der Waals surface area contributed by atoms with Crippen LogP contribution in [-0.4, -0.2) is 37.3 Å². The lowest BCUT2D eigenvalue weighted by Crippen LogP contribution is -2.30. The predicted molar refractivity (Wildman–Crippen MR) is 136 cm³/mol. The molecule has 0 spiro atoms. The zero-order chi connectivity index (χ0) is 23.7. The van der Waals surface area contributed by atoms with E-state index in [0.29, 0.717) is 19.6 Å². The van der Waals surface area contributed by atoms with Crippen molar-refractivity contribution in [3.63, 3.8) is 0 Å². The van der Waals surface area contributed by atoms with E-state index in [9.17, 15) is 4.79 Å². The van der Waals surface area contributed by atoms with E-state index in [1.54, 1.807) is 0 Å². The Labute approximate surface area is 200 Å². The fourth-order valence-corrected chi connectivity index (χ4v) is 3.90. The summed E-state index contributed by atoms with van der Waals surface area (Å²) in [7, 11) is 0. The number of hydrogen-bond acceptors (Lipinski definition) is 5. The van der Waals surface area contributed by atoms with E-state index >= 15 is 0 Å². The first-order valence-corrected chi connectivity index (χ1v) is 12.7. The minimum Gasteiger partial charge on any atom is -0.492 e. The lowest BCUT2D eigenvalue weighted by atomic mass is 10.0. The lowest BCUT2D eigenvalue weighted by molar-refractivity contribution is -0.147. The molecule has 1 heterocycles. The van der Waals surface area contributed by atoms with E-state index < -0.39 is 0 Å². The highest BCUT2D eigenvalue weighted by Gasteiger charge is 2.15. The van der Waals surface area contributed by atoms with E-state index in [2.05, 4.69) is 22.9 Å². The zero-order valence-corrected chi connectivity index (χ0v) is 20.8. The number of carbonyl (C=O) groups excluding carboxylic acids is 1. The van der Waals surface area contributed by atoms with Crippen LogP contribution in [0.4, 0.5) is 5.82 Å². The maximum absolute atomic E-state index is 11.9. The maximum Gasteiger partial charge on any atom is 0.308 e. The van der Waals surface area contributed by atoms with Crippen molar-refractivity contribution in [3.05, 3.63) is 54.2 Å². The van der Waals surface area contributed by atoms with Crippen molar-refractivity contribution in [2.45, 2.75) is 72.1 Å². The molecule has 1 atom stereocenters. The van der Waals surface area contributed by atoms with Crippen molar-refractivity contribution in [3.8, 4) is 5.75 Å². The topological polar surface area (TPSA) is 51.7 Å². The largest absolute Gasteiger partial charge is 0.492 e. The molecular formula is C28H42N2O3. The molecule has 0 saturated carbocycles. The third-order valence-electron chi connectivity index (χ3n) is 5.76. The Bertz CT molecular complexity index is 782. The molecule has 0 aliphatic heterocycles. The van der Waals surface area contributed by atoms with E-state index in [-0.39, 0.29) is 11.9 Å². The van der Waals surface area contributed by atoms with Gasteiger partial charge in [-0.2, -0.15) is 0 Å². The molecule has 182 valence electrons. The number of benzene rings is 1. The van der Waals surface area contributed by atoms with Crippen LogP contribution >= 0.6 is 0 Å². The summed E-state index contributed by atoms with van der Waals surface area (Å²) in [5.74, 6) is 1.52. The summed E-state index contributed by atoms with van der Waals surface area (Å²) in [6, 6.07) is 14.1. The van der Waals surface area contributed by atoms with Crippen molar-refractivity contribution >= 4 is 11.8 Å². The van der Waals surface area contributed by atoms with Gasteiger partial charge in [-0.05, 0) is 49.6 Å². The van der Waals surface area contributed by atoms with Crippen LogP contribution < -0.4 is 9.64 Å². The van der Waals surface area contributed by atoms with E-state index in [1.807, 2.05) is 56.4 Å². The summed E-state index contributed by atoms with van der Waals surface area (Å²) in [6.45, 7) is 8.78. The second-order valence-electron chi connectivity index (χ2n) is 8.65. The van der Waals surface area contributed by atoms with Crippen LogP contribution in [0.15, 0.2) is 48.7 Å². The number of esters is 1. The van der Waals surface area contributed by atoms with Gasteiger partial charge in [-0.3, -0.25) is 4.79 Å². The maximum atomic E-state index is 11.9. The first-order chi connectivity index (χ1) is 16.1. The minimum absolute atomic E-state index is 0.153. The van der Waals surface area contributed by atoms with E-state index in [0.717, 1.165) is 30.2 Å². The molecule has 0 aliphatic rings. The zero-order valence-electron chi connectivity index (χ0n) is 20.8. The van der Waals surface area contributed by atoms with Gasteiger partial charge in [0.2, 0.25) is 0 Å². The standard InChI is InChI=1S/C28H42N2O3/c1-4-6-7-8-9-10-13-19-30(27-17-11-12-18-29-27)20-21-33-26-16-14-15-25(23-26)22-24(3)28(31)32-5-2/h11-12,14-18,23-24H,4-10,13,19-22H2,1-3H3. The van der Waals surface area contributed by atoms with Gasteiger partial charge in [0, 0.05) is 12.7 Å². The number of hydrogen-bond donors (Lipinski definition) is 0. The summed E-state index contributed by atoms with van der Waals surface area (Å²) >= 11 is 0. The highest BCUT2D eigenvalue weighted by molar-refractivity contribution is 5.72. The molecule has 2 aromatic rings. The second kappa shape index (κ2) is 16.1. The molecule has 5 heteroatoms. The summed E-state index contributed by atoms with van der Waals surface area (Å²) in [6.07, 6.45) is 11.6. The fraction of sp³-hybridized carbons (Fsp3) is 0.571. The van der Waals surface area contributed by atoms with Crippen LogP contribution in [0, 0.1) is 5.92 Å². The van der Waals surface area contributed by atoms with Crippen LogP contribution in [-0.2, 0) is 16.0 Å². The van der Waals surface area contributed by atoms with Crippen LogP contribution in [0.1, 0.15) is 71.3 Å². The first-order valence-electron chi connectivity index (χ1n) is 12.7. The van der Waals surface area contributed by atoms with Crippen LogP contribution in [0.25, 0.3) is 0 Å². The number of rotatable bonds is 17. The molecular weight excluding hydrogens is 412 g/mol. The second-order valence-corrected chi connectivity index (χ2v) is 8.65. The molecule has 2 rings (SSSR count). The average molecular weight is 455 g/mol. The third kappa shape index (κ3) is 10.7. The Morgan fingerprint density at radius 1 is 0.970 bits per heavy atom. The van der Waals surface area contributed by atoms with Gasteiger partial charge in [0.05, 0.1) is 19.1 Å². The number of carbonyl (C=O) groups is 1. The fourth-order valence-electron chi connectivity index (χ4n) is 3.90.